The predicted octanol–water partition coefficient (Wildman–Crippen LogP) is 2.93. The molecule has 0 aliphatic heterocycles. The SMILES string of the molecule is CNC(Cc1ccnc2ccccc12)C(F)(F)F. The molecular formula is C13H13F3N2. The molecule has 0 bridgehead atoms. The van der Waals surface area contributed by atoms with E-state index in [-0.39, 0.29) is 6.42 Å². The molecule has 2 rings (SSSR count). The molecule has 18 heavy (non-hydrogen) atoms. The third-order valence-corrected chi connectivity index (χ3v) is 2.91. The van der Waals surface area contributed by atoms with Crippen molar-refractivity contribution in [3.8, 4) is 0 Å². The fraction of sp³-hybridized carbons (Fsp3) is 0.308. The molecule has 0 spiro atoms. The highest BCUT2D eigenvalue weighted by atomic mass is 19.4. The van der Waals surface area contributed by atoms with Crippen LogP contribution in [0.2, 0.25) is 0 Å². The van der Waals surface area contributed by atoms with Crippen LogP contribution in [0.5, 0.6) is 0 Å². The lowest BCUT2D eigenvalue weighted by atomic mass is 10.0. The minimum Gasteiger partial charge on any atom is -0.309 e. The van der Waals surface area contributed by atoms with Gasteiger partial charge in [0.2, 0.25) is 0 Å². The van der Waals surface area contributed by atoms with Crippen LogP contribution < -0.4 is 5.32 Å². The fourth-order valence-corrected chi connectivity index (χ4v) is 1.93. The van der Waals surface area contributed by atoms with E-state index in [1.807, 2.05) is 6.07 Å². The first kappa shape index (κ1) is 12.8. The zero-order valence-corrected chi connectivity index (χ0v) is 9.83. The molecule has 1 atom stereocenters. The van der Waals surface area contributed by atoms with E-state index in [2.05, 4.69) is 10.3 Å². The normalized spacial score (nSPS) is 13.8. The van der Waals surface area contributed by atoms with E-state index in [9.17, 15) is 13.2 Å². The summed E-state index contributed by atoms with van der Waals surface area (Å²) >= 11 is 0. The summed E-state index contributed by atoms with van der Waals surface area (Å²) in [5.74, 6) is 0. The zero-order chi connectivity index (χ0) is 13.2. The highest BCUT2D eigenvalue weighted by Gasteiger charge is 2.38. The molecule has 96 valence electrons. The Bertz CT molecular complexity index is 532. The number of nitrogens with zero attached hydrogens (tertiary/aromatic N) is 1. The molecule has 0 fully saturated rings. The van der Waals surface area contributed by atoms with Crippen molar-refractivity contribution in [3.63, 3.8) is 0 Å². The van der Waals surface area contributed by atoms with Gasteiger partial charge in [-0.25, -0.2) is 0 Å². The molecule has 1 N–H and O–H groups in total. The Labute approximate surface area is 103 Å². The number of aromatic nitrogens is 1. The van der Waals surface area contributed by atoms with Crippen molar-refractivity contribution in [2.45, 2.75) is 18.6 Å². The molecule has 0 aliphatic rings. The Morgan fingerprint density at radius 3 is 2.61 bits per heavy atom. The van der Waals surface area contributed by atoms with Crippen molar-refractivity contribution in [2.75, 3.05) is 7.05 Å². The van der Waals surface area contributed by atoms with E-state index in [0.29, 0.717) is 11.1 Å². The molecule has 0 saturated carbocycles. The molecule has 2 aromatic rings. The van der Waals surface area contributed by atoms with Gasteiger partial charge in [-0.3, -0.25) is 4.98 Å². The number of halogens is 3. The standard InChI is InChI=1S/C13H13F3N2/c1-17-12(13(14,15)16)8-9-6-7-18-11-5-3-2-4-10(9)11/h2-7,12,17H,8H2,1H3. The largest absolute Gasteiger partial charge is 0.404 e. The van der Waals surface area contributed by atoms with E-state index in [4.69, 9.17) is 0 Å². The van der Waals surface area contributed by atoms with Crippen LogP contribution in [0.4, 0.5) is 13.2 Å². The summed E-state index contributed by atoms with van der Waals surface area (Å²) in [7, 11) is 1.32. The second kappa shape index (κ2) is 4.94. The van der Waals surface area contributed by atoms with Crippen LogP contribution in [-0.4, -0.2) is 24.2 Å². The zero-order valence-electron chi connectivity index (χ0n) is 9.83. The molecule has 1 aromatic carbocycles. The Hall–Kier alpha value is -1.62. The summed E-state index contributed by atoms with van der Waals surface area (Å²) in [6, 6.07) is 7.30. The summed E-state index contributed by atoms with van der Waals surface area (Å²) in [5.41, 5.74) is 1.37. The molecule has 0 aliphatic carbocycles. The number of likely N-dealkylation sites (N-methyl/N-ethyl adjacent to an activating group) is 1. The number of hydrogen-bond acceptors (Lipinski definition) is 2. The Balaban J connectivity index is 2.37. The third kappa shape index (κ3) is 2.61. The van der Waals surface area contributed by atoms with Gasteiger partial charge in [-0.2, -0.15) is 13.2 Å². The van der Waals surface area contributed by atoms with Crippen LogP contribution >= 0.6 is 0 Å². The average molecular weight is 254 g/mol. The first-order chi connectivity index (χ1) is 8.52. The van der Waals surface area contributed by atoms with Crippen LogP contribution in [0, 0.1) is 0 Å². The quantitative estimate of drug-likeness (QED) is 0.911. The van der Waals surface area contributed by atoms with Crippen LogP contribution in [0.1, 0.15) is 5.56 Å². The highest BCUT2D eigenvalue weighted by Crippen LogP contribution is 2.25. The van der Waals surface area contributed by atoms with Gasteiger partial charge in [0, 0.05) is 11.6 Å². The maximum absolute atomic E-state index is 12.7. The minimum atomic E-state index is -4.25. The molecular weight excluding hydrogens is 241 g/mol. The van der Waals surface area contributed by atoms with Gasteiger partial charge < -0.3 is 5.32 Å². The van der Waals surface area contributed by atoms with Crippen molar-refractivity contribution < 1.29 is 13.2 Å². The Morgan fingerprint density at radius 1 is 1.22 bits per heavy atom. The van der Waals surface area contributed by atoms with Crippen LogP contribution in [0.25, 0.3) is 10.9 Å². The lowest BCUT2D eigenvalue weighted by molar-refractivity contribution is -0.154. The molecule has 2 nitrogen and oxygen atoms in total. The van der Waals surface area contributed by atoms with Crippen molar-refractivity contribution in [2.24, 2.45) is 0 Å². The topological polar surface area (TPSA) is 24.9 Å². The highest BCUT2D eigenvalue weighted by molar-refractivity contribution is 5.81. The molecule has 1 heterocycles. The van der Waals surface area contributed by atoms with Crippen molar-refractivity contribution >= 4 is 10.9 Å². The van der Waals surface area contributed by atoms with Gasteiger partial charge in [0.15, 0.2) is 0 Å². The maximum Gasteiger partial charge on any atom is 0.404 e. The number of alkyl halides is 3. The number of pyridine rings is 1. The average Bonchev–Trinajstić information content (AvgIpc) is 2.34. The molecule has 1 aromatic heterocycles. The lowest BCUT2D eigenvalue weighted by Crippen LogP contribution is -2.41. The number of hydrogen-bond donors (Lipinski definition) is 1. The smallest absolute Gasteiger partial charge is 0.309 e. The van der Waals surface area contributed by atoms with Crippen molar-refractivity contribution in [1.82, 2.24) is 10.3 Å². The first-order valence-corrected chi connectivity index (χ1v) is 5.59. The third-order valence-electron chi connectivity index (χ3n) is 2.91. The Morgan fingerprint density at radius 2 is 1.94 bits per heavy atom. The van der Waals surface area contributed by atoms with Gasteiger partial charge in [-0.15, -0.1) is 0 Å². The second-order valence-corrected chi connectivity index (χ2v) is 4.07. The van der Waals surface area contributed by atoms with E-state index in [1.165, 1.54) is 7.05 Å². The van der Waals surface area contributed by atoms with Gasteiger partial charge >= 0.3 is 6.18 Å². The summed E-state index contributed by atoms with van der Waals surface area (Å²) in [6.45, 7) is 0. The predicted molar refractivity (Wildman–Crippen MR) is 64.3 cm³/mol. The van der Waals surface area contributed by atoms with E-state index in [0.717, 1.165) is 5.39 Å². The van der Waals surface area contributed by atoms with Gasteiger partial charge in [-0.05, 0) is 31.2 Å². The van der Waals surface area contributed by atoms with Crippen LogP contribution in [-0.2, 0) is 6.42 Å². The van der Waals surface area contributed by atoms with E-state index >= 15 is 0 Å². The van der Waals surface area contributed by atoms with Gasteiger partial charge in [0.25, 0.3) is 0 Å². The van der Waals surface area contributed by atoms with Crippen molar-refractivity contribution in [1.29, 1.82) is 0 Å². The second-order valence-electron chi connectivity index (χ2n) is 4.07. The fourth-order valence-electron chi connectivity index (χ4n) is 1.93. The Kier molecular flexibility index (Phi) is 3.52. The minimum absolute atomic E-state index is 0.0942. The van der Waals surface area contributed by atoms with Crippen LogP contribution in [0.15, 0.2) is 36.5 Å². The lowest BCUT2D eigenvalue weighted by Gasteiger charge is -2.20. The monoisotopic (exact) mass is 254 g/mol. The number of benzene rings is 1. The van der Waals surface area contributed by atoms with E-state index < -0.39 is 12.2 Å². The van der Waals surface area contributed by atoms with Crippen molar-refractivity contribution in [3.05, 3.63) is 42.1 Å². The summed E-state index contributed by atoms with van der Waals surface area (Å²) in [5, 5.41) is 3.08. The summed E-state index contributed by atoms with van der Waals surface area (Å²) in [6.07, 6.45) is -2.80. The molecule has 0 amide bonds. The first-order valence-electron chi connectivity index (χ1n) is 5.59. The molecule has 5 heteroatoms. The molecule has 1 unspecified atom stereocenters. The van der Waals surface area contributed by atoms with Crippen LogP contribution in [0.3, 0.4) is 0 Å². The number of rotatable bonds is 3. The van der Waals surface area contributed by atoms with Gasteiger partial charge in [0.1, 0.15) is 6.04 Å². The molecule has 0 radical (unpaired) electrons. The van der Waals surface area contributed by atoms with Gasteiger partial charge in [-0.1, -0.05) is 18.2 Å². The number of para-hydroxylation sites is 1. The summed E-state index contributed by atoms with van der Waals surface area (Å²) < 4.78 is 38.2. The van der Waals surface area contributed by atoms with Gasteiger partial charge in [0.05, 0.1) is 5.52 Å². The molecule has 0 saturated heterocycles. The number of nitrogens with one attached hydrogen (secondary N) is 1. The number of fused-ring (bicyclic) bond motifs is 1. The van der Waals surface area contributed by atoms with E-state index in [1.54, 1.807) is 30.5 Å². The maximum atomic E-state index is 12.7. The summed E-state index contributed by atoms with van der Waals surface area (Å²) in [4.78, 5) is 4.14.